The molecule has 0 radical (unpaired) electrons. The third-order valence-corrected chi connectivity index (χ3v) is 4.94. The fraction of sp³-hybridized carbons (Fsp3) is 0.0870. The second-order valence-corrected chi connectivity index (χ2v) is 6.62. The minimum atomic E-state index is 0.706. The van der Waals surface area contributed by atoms with Crippen molar-refractivity contribution in [3.05, 3.63) is 79.3 Å². The van der Waals surface area contributed by atoms with Gasteiger partial charge >= 0.3 is 0 Å². The number of rotatable bonds is 4. The highest BCUT2D eigenvalue weighted by Gasteiger charge is 2.16. The van der Waals surface area contributed by atoms with Gasteiger partial charge in [-0.1, -0.05) is 12.1 Å². The second kappa shape index (κ2) is 6.78. The number of nitrogens with zero attached hydrogens (tertiary/aromatic N) is 4. The second-order valence-electron chi connectivity index (χ2n) is 6.62. The van der Waals surface area contributed by atoms with Crippen LogP contribution in [0.15, 0.2) is 79.3 Å². The average Bonchev–Trinajstić information content (AvgIpc) is 3.23. The van der Waals surface area contributed by atoms with Gasteiger partial charge in [0.15, 0.2) is 5.82 Å². The number of para-hydroxylation sites is 1. The minimum absolute atomic E-state index is 0.706. The monoisotopic (exact) mass is 365 g/mol. The average molecular weight is 365 g/mol. The highest BCUT2D eigenvalue weighted by Crippen LogP contribution is 2.33. The van der Waals surface area contributed by atoms with Crippen LogP contribution >= 0.6 is 0 Å². The molecule has 0 saturated heterocycles. The topological polar surface area (TPSA) is 57.7 Å². The van der Waals surface area contributed by atoms with Gasteiger partial charge in [-0.2, -0.15) is 0 Å². The van der Waals surface area contributed by atoms with Crippen molar-refractivity contribution in [2.24, 2.45) is 0 Å². The lowest BCUT2D eigenvalue weighted by molar-refractivity contribution is 0.993. The molecule has 0 aliphatic heterocycles. The van der Waals surface area contributed by atoms with E-state index in [1.807, 2.05) is 36.5 Å². The summed E-state index contributed by atoms with van der Waals surface area (Å²) in [7, 11) is 0. The highest BCUT2D eigenvalue weighted by atomic mass is 15.2. The summed E-state index contributed by atoms with van der Waals surface area (Å²) in [5.41, 5.74) is 4.13. The van der Waals surface area contributed by atoms with Crippen molar-refractivity contribution in [1.82, 2.24) is 19.9 Å². The number of anilines is 2. The summed E-state index contributed by atoms with van der Waals surface area (Å²) in [4.78, 5) is 19.4. The molecule has 0 atom stereocenters. The largest absolute Gasteiger partial charge is 0.361 e. The van der Waals surface area contributed by atoms with Crippen LogP contribution in [0.2, 0.25) is 0 Å². The van der Waals surface area contributed by atoms with Crippen LogP contribution in [0, 0.1) is 0 Å². The predicted octanol–water partition coefficient (Wildman–Crippen LogP) is 5.33. The van der Waals surface area contributed by atoms with E-state index in [4.69, 9.17) is 9.97 Å². The Balaban J connectivity index is 1.73. The van der Waals surface area contributed by atoms with Crippen LogP contribution < -0.4 is 4.90 Å². The number of hydrogen-bond acceptors (Lipinski definition) is 4. The Morgan fingerprint density at radius 1 is 0.929 bits per heavy atom. The van der Waals surface area contributed by atoms with Gasteiger partial charge in [0, 0.05) is 52.7 Å². The normalized spacial score (nSPS) is 11.2. The highest BCUT2D eigenvalue weighted by molar-refractivity contribution is 5.94. The van der Waals surface area contributed by atoms with Gasteiger partial charge in [0.1, 0.15) is 5.82 Å². The van der Waals surface area contributed by atoms with Crippen LogP contribution in [0.4, 0.5) is 11.5 Å². The van der Waals surface area contributed by atoms with Crippen LogP contribution in [0.1, 0.15) is 6.92 Å². The van der Waals surface area contributed by atoms with E-state index < -0.39 is 0 Å². The molecule has 5 heteroatoms. The van der Waals surface area contributed by atoms with Crippen molar-refractivity contribution in [3.8, 4) is 11.4 Å². The molecule has 0 bridgehead atoms. The number of benzene rings is 2. The number of pyridine rings is 1. The molecule has 3 aromatic heterocycles. The standard InChI is InChI=1S/C23H19N5/c1-2-28(18-7-8-20-17(15-18)11-14-25-20)23-19-5-3-4-6-21(19)26-22(27-23)16-9-12-24-13-10-16/h3-15,25H,2H2,1H3. The van der Waals surface area contributed by atoms with Crippen LogP contribution in [0.5, 0.6) is 0 Å². The third kappa shape index (κ3) is 2.77. The zero-order chi connectivity index (χ0) is 18.9. The van der Waals surface area contributed by atoms with Crippen molar-refractivity contribution < 1.29 is 0 Å². The SMILES string of the molecule is CCN(c1ccc2[nH]ccc2c1)c1nc(-c2ccncc2)nc2ccccc12. The van der Waals surface area contributed by atoms with Gasteiger partial charge in [-0.15, -0.1) is 0 Å². The summed E-state index contributed by atoms with van der Waals surface area (Å²) in [6.45, 7) is 2.94. The van der Waals surface area contributed by atoms with Crippen LogP contribution in [-0.4, -0.2) is 26.5 Å². The summed E-state index contributed by atoms with van der Waals surface area (Å²) >= 11 is 0. The van der Waals surface area contributed by atoms with E-state index in [-0.39, 0.29) is 0 Å². The van der Waals surface area contributed by atoms with Crippen molar-refractivity contribution >= 4 is 33.3 Å². The molecular weight excluding hydrogens is 346 g/mol. The van der Waals surface area contributed by atoms with Gasteiger partial charge in [-0.3, -0.25) is 4.98 Å². The Kier molecular flexibility index (Phi) is 3.98. The van der Waals surface area contributed by atoms with Crippen molar-refractivity contribution in [2.75, 3.05) is 11.4 Å². The lowest BCUT2D eigenvalue weighted by Gasteiger charge is -2.24. The molecule has 0 fully saturated rings. The van der Waals surface area contributed by atoms with Gasteiger partial charge in [-0.25, -0.2) is 9.97 Å². The van der Waals surface area contributed by atoms with E-state index in [1.54, 1.807) is 12.4 Å². The molecule has 3 heterocycles. The van der Waals surface area contributed by atoms with Crippen molar-refractivity contribution in [2.45, 2.75) is 6.92 Å². The van der Waals surface area contributed by atoms with Crippen molar-refractivity contribution in [1.29, 1.82) is 0 Å². The van der Waals surface area contributed by atoms with Gasteiger partial charge in [0.2, 0.25) is 0 Å². The fourth-order valence-electron chi connectivity index (χ4n) is 3.56. The quantitative estimate of drug-likeness (QED) is 0.468. The van der Waals surface area contributed by atoms with Gasteiger partial charge in [-0.05, 0) is 55.5 Å². The minimum Gasteiger partial charge on any atom is -0.361 e. The molecule has 0 saturated carbocycles. The Hall–Kier alpha value is -3.73. The molecular formula is C23H19N5. The smallest absolute Gasteiger partial charge is 0.162 e. The van der Waals surface area contributed by atoms with E-state index in [1.165, 1.54) is 5.39 Å². The predicted molar refractivity (Wildman–Crippen MR) is 114 cm³/mol. The molecule has 2 aromatic carbocycles. The number of hydrogen-bond donors (Lipinski definition) is 1. The summed E-state index contributed by atoms with van der Waals surface area (Å²) in [6.07, 6.45) is 5.50. The summed E-state index contributed by atoms with van der Waals surface area (Å²) in [6, 6.07) is 20.6. The van der Waals surface area contributed by atoms with Crippen LogP contribution in [0.25, 0.3) is 33.2 Å². The first-order chi connectivity index (χ1) is 13.8. The molecule has 28 heavy (non-hydrogen) atoms. The molecule has 0 aliphatic rings. The van der Waals surface area contributed by atoms with E-state index >= 15 is 0 Å². The number of aromatic nitrogens is 4. The fourth-order valence-corrected chi connectivity index (χ4v) is 3.56. The van der Waals surface area contributed by atoms with Gasteiger partial charge in [0.05, 0.1) is 5.52 Å². The molecule has 1 N–H and O–H groups in total. The van der Waals surface area contributed by atoms with Gasteiger partial charge in [0.25, 0.3) is 0 Å². The lowest BCUT2D eigenvalue weighted by atomic mass is 10.1. The molecule has 136 valence electrons. The summed E-state index contributed by atoms with van der Waals surface area (Å²) < 4.78 is 0. The Morgan fingerprint density at radius 2 is 1.79 bits per heavy atom. The van der Waals surface area contributed by atoms with E-state index in [9.17, 15) is 0 Å². The Bertz CT molecular complexity index is 1260. The first-order valence-corrected chi connectivity index (χ1v) is 9.35. The van der Waals surface area contributed by atoms with E-state index in [0.717, 1.165) is 40.0 Å². The number of fused-ring (bicyclic) bond motifs is 2. The third-order valence-electron chi connectivity index (χ3n) is 4.94. The van der Waals surface area contributed by atoms with Crippen LogP contribution in [-0.2, 0) is 0 Å². The Labute approximate surface area is 162 Å². The van der Waals surface area contributed by atoms with E-state index in [0.29, 0.717) is 5.82 Å². The zero-order valence-corrected chi connectivity index (χ0v) is 15.5. The molecule has 0 aliphatic carbocycles. The lowest BCUT2D eigenvalue weighted by Crippen LogP contribution is -2.18. The van der Waals surface area contributed by atoms with Crippen molar-refractivity contribution in [3.63, 3.8) is 0 Å². The maximum atomic E-state index is 4.97. The van der Waals surface area contributed by atoms with E-state index in [2.05, 4.69) is 52.1 Å². The van der Waals surface area contributed by atoms with Gasteiger partial charge < -0.3 is 9.88 Å². The molecule has 5 rings (SSSR count). The number of H-pyrrole nitrogens is 1. The summed E-state index contributed by atoms with van der Waals surface area (Å²) in [5.74, 6) is 1.62. The summed E-state index contributed by atoms with van der Waals surface area (Å²) in [5, 5.41) is 2.22. The first kappa shape index (κ1) is 16.4. The molecule has 0 unspecified atom stereocenters. The number of aromatic amines is 1. The maximum absolute atomic E-state index is 4.97. The molecule has 5 nitrogen and oxygen atoms in total. The number of nitrogens with one attached hydrogen (secondary N) is 1. The zero-order valence-electron chi connectivity index (χ0n) is 15.5. The van der Waals surface area contributed by atoms with Crippen LogP contribution in [0.3, 0.4) is 0 Å². The first-order valence-electron chi connectivity index (χ1n) is 9.35. The molecule has 5 aromatic rings. The molecule has 0 spiro atoms. The molecule has 0 amide bonds. The maximum Gasteiger partial charge on any atom is 0.162 e. The Morgan fingerprint density at radius 3 is 2.64 bits per heavy atom.